The Morgan fingerprint density at radius 3 is 2.54 bits per heavy atom. The van der Waals surface area contributed by atoms with Crippen molar-refractivity contribution in [2.45, 2.75) is 39.7 Å². The van der Waals surface area contributed by atoms with Crippen LogP contribution in [-0.4, -0.2) is 11.3 Å². The zero-order valence-electron chi connectivity index (χ0n) is 8.51. The molecule has 0 aromatic rings. The standard InChI is InChI=1S/C10H18ClNO/c1-6(12)8-4-7(5-9(11)13)10(8,2)3/h6-8H,4-5,12H2,1-3H3. The Hall–Kier alpha value is -0.0800. The van der Waals surface area contributed by atoms with Crippen LogP contribution >= 0.6 is 11.6 Å². The van der Waals surface area contributed by atoms with E-state index in [0.29, 0.717) is 18.3 Å². The normalized spacial score (nSPS) is 33.6. The smallest absolute Gasteiger partial charge is 0.221 e. The molecule has 0 amide bonds. The van der Waals surface area contributed by atoms with E-state index in [1.165, 1.54) is 0 Å². The molecule has 1 aliphatic carbocycles. The highest BCUT2D eigenvalue weighted by Crippen LogP contribution is 2.53. The molecule has 0 heterocycles. The molecule has 1 saturated carbocycles. The predicted octanol–water partition coefficient (Wildman–Crippen LogP) is 2.15. The summed E-state index contributed by atoms with van der Waals surface area (Å²) in [7, 11) is 0. The van der Waals surface area contributed by atoms with Gasteiger partial charge in [-0.25, -0.2) is 0 Å². The molecule has 76 valence electrons. The van der Waals surface area contributed by atoms with Gasteiger partial charge in [0, 0.05) is 12.5 Å². The molecule has 0 aromatic carbocycles. The molecule has 3 atom stereocenters. The summed E-state index contributed by atoms with van der Waals surface area (Å²) >= 11 is 5.37. The van der Waals surface area contributed by atoms with Gasteiger partial charge in [-0.2, -0.15) is 0 Å². The summed E-state index contributed by atoms with van der Waals surface area (Å²) in [6, 6.07) is 0.219. The summed E-state index contributed by atoms with van der Waals surface area (Å²) in [5.41, 5.74) is 6.03. The fourth-order valence-corrected chi connectivity index (χ4v) is 2.67. The molecule has 13 heavy (non-hydrogen) atoms. The summed E-state index contributed by atoms with van der Waals surface area (Å²) in [5, 5.41) is -0.221. The maximum absolute atomic E-state index is 10.7. The molecule has 2 N–H and O–H groups in total. The monoisotopic (exact) mass is 203 g/mol. The van der Waals surface area contributed by atoms with Gasteiger partial charge in [-0.05, 0) is 42.2 Å². The van der Waals surface area contributed by atoms with Crippen molar-refractivity contribution in [3.63, 3.8) is 0 Å². The minimum atomic E-state index is -0.221. The van der Waals surface area contributed by atoms with Gasteiger partial charge in [-0.3, -0.25) is 4.79 Å². The minimum absolute atomic E-state index is 0.179. The first-order chi connectivity index (χ1) is 5.85. The van der Waals surface area contributed by atoms with E-state index in [0.717, 1.165) is 6.42 Å². The molecular weight excluding hydrogens is 186 g/mol. The lowest BCUT2D eigenvalue weighted by Gasteiger charge is -2.54. The summed E-state index contributed by atoms with van der Waals surface area (Å²) < 4.78 is 0. The van der Waals surface area contributed by atoms with Crippen LogP contribution in [0.3, 0.4) is 0 Å². The first-order valence-electron chi connectivity index (χ1n) is 4.79. The third-order valence-corrected chi connectivity index (χ3v) is 3.74. The van der Waals surface area contributed by atoms with E-state index in [-0.39, 0.29) is 16.7 Å². The molecule has 0 aliphatic heterocycles. The molecule has 0 aromatic heterocycles. The van der Waals surface area contributed by atoms with Gasteiger partial charge in [-0.1, -0.05) is 13.8 Å². The number of carbonyl (C=O) groups excluding carboxylic acids is 1. The third kappa shape index (κ3) is 2.05. The lowest BCUT2D eigenvalue weighted by atomic mass is 9.52. The van der Waals surface area contributed by atoms with Gasteiger partial charge in [0.05, 0.1) is 0 Å². The average molecular weight is 204 g/mol. The van der Waals surface area contributed by atoms with Crippen LogP contribution in [0.5, 0.6) is 0 Å². The average Bonchev–Trinajstić information content (AvgIpc) is 1.96. The van der Waals surface area contributed by atoms with Crippen LogP contribution in [0.15, 0.2) is 0 Å². The van der Waals surface area contributed by atoms with Crippen LogP contribution in [0.1, 0.15) is 33.6 Å². The van der Waals surface area contributed by atoms with Gasteiger partial charge in [-0.15, -0.1) is 0 Å². The first-order valence-corrected chi connectivity index (χ1v) is 5.17. The number of carbonyl (C=O) groups is 1. The van der Waals surface area contributed by atoms with Crippen molar-refractivity contribution in [3.8, 4) is 0 Å². The van der Waals surface area contributed by atoms with Crippen molar-refractivity contribution in [3.05, 3.63) is 0 Å². The molecule has 1 aliphatic rings. The van der Waals surface area contributed by atoms with Crippen LogP contribution in [-0.2, 0) is 4.79 Å². The van der Waals surface area contributed by atoms with Gasteiger partial charge in [0.25, 0.3) is 0 Å². The maximum Gasteiger partial charge on any atom is 0.221 e. The van der Waals surface area contributed by atoms with Crippen LogP contribution < -0.4 is 5.73 Å². The van der Waals surface area contributed by atoms with E-state index in [1.54, 1.807) is 0 Å². The lowest BCUT2D eigenvalue weighted by molar-refractivity contribution is -0.118. The fraction of sp³-hybridized carbons (Fsp3) is 0.900. The highest BCUT2D eigenvalue weighted by molar-refractivity contribution is 6.63. The Bertz CT molecular complexity index is 213. The zero-order chi connectivity index (χ0) is 10.2. The molecule has 1 rings (SSSR count). The number of nitrogens with two attached hydrogens (primary N) is 1. The van der Waals surface area contributed by atoms with Crippen LogP contribution in [0.25, 0.3) is 0 Å². The summed E-state index contributed by atoms with van der Waals surface area (Å²) in [5.74, 6) is 0.960. The topological polar surface area (TPSA) is 43.1 Å². The quantitative estimate of drug-likeness (QED) is 0.715. The van der Waals surface area contributed by atoms with Gasteiger partial charge >= 0.3 is 0 Å². The molecule has 0 spiro atoms. The number of hydrogen-bond acceptors (Lipinski definition) is 2. The van der Waals surface area contributed by atoms with Gasteiger partial charge < -0.3 is 5.73 Å². The Morgan fingerprint density at radius 1 is 1.69 bits per heavy atom. The first kappa shape index (κ1) is 11.0. The lowest BCUT2D eigenvalue weighted by Crippen LogP contribution is -2.52. The second kappa shape index (κ2) is 3.58. The zero-order valence-corrected chi connectivity index (χ0v) is 9.27. The summed E-state index contributed by atoms with van der Waals surface area (Å²) in [4.78, 5) is 10.7. The number of halogens is 1. The molecule has 3 unspecified atom stereocenters. The summed E-state index contributed by atoms with van der Waals surface area (Å²) in [6.07, 6.45) is 1.54. The minimum Gasteiger partial charge on any atom is -0.328 e. The molecule has 2 nitrogen and oxygen atoms in total. The highest BCUT2D eigenvalue weighted by atomic mass is 35.5. The van der Waals surface area contributed by atoms with Crippen molar-refractivity contribution >= 4 is 16.8 Å². The fourth-order valence-electron chi connectivity index (χ4n) is 2.49. The van der Waals surface area contributed by atoms with Gasteiger partial charge in [0.2, 0.25) is 5.24 Å². The molecule has 0 radical (unpaired) electrons. The van der Waals surface area contributed by atoms with E-state index in [9.17, 15) is 4.79 Å². The van der Waals surface area contributed by atoms with Crippen LogP contribution in [0.4, 0.5) is 0 Å². The molecule has 0 saturated heterocycles. The SMILES string of the molecule is CC(N)C1CC(CC(=O)Cl)C1(C)C. The van der Waals surface area contributed by atoms with E-state index in [4.69, 9.17) is 17.3 Å². The van der Waals surface area contributed by atoms with Crippen LogP contribution in [0.2, 0.25) is 0 Å². The molecule has 1 fully saturated rings. The van der Waals surface area contributed by atoms with E-state index in [2.05, 4.69) is 13.8 Å². The second-order valence-corrected chi connectivity index (χ2v) is 5.20. The Balaban J connectivity index is 2.54. The summed E-state index contributed by atoms with van der Waals surface area (Å²) in [6.45, 7) is 6.38. The largest absolute Gasteiger partial charge is 0.328 e. The van der Waals surface area contributed by atoms with Crippen molar-refractivity contribution < 1.29 is 4.79 Å². The number of hydrogen-bond donors (Lipinski definition) is 1. The van der Waals surface area contributed by atoms with E-state index in [1.807, 2.05) is 6.92 Å². The Kier molecular flexibility index (Phi) is 3.03. The predicted molar refractivity (Wildman–Crippen MR) is 54.5 cm³/mol. The van der Waals surface area contributed by atoms with Gasteiger partial charge in [0.1, 0.15) is 0 Å². The highest BCUT2D eigenvalue weighted by Gasteiger charge is 2.49. The Labute approximate surface area is 84.8 Å². The van der Waals surface area contributed by atoms with E-state index < -0.39 is 0 Å². The maximum atomic E-state index is 10.7. The van der Waals surface area contributed by atoms with Crippen LogP contribution in [0, 0.1) is 17.3 Å². The van der Waals surface area contributed by atoms with Crippen molar-refractivity contribution in [1.82, 2.24) is 0 Å². The van der Waals surface area contributed by atoms with Crippen molar-refractivity contribution in [1.29, 1.82) is 0 Å². The Morgan fingerprint density at radius 2 is 2.23 bits per heavy atom. The third-order valence-electron chi connectivity index (χ3n) is 3.59. The molecule has 0 bridgehead atoms. The molecular formula is C10H18ClNO. The van der Waals surface area contributed by atoms with Crippen molar-refractivity contribution in [2.24, 2.45) is 23.0 Å². The van der Waals surface area contributed by atoms with Gasteiger partial charge in [0.15, 0.2) is 0 Å². The van der Waals surface area contributed by atoms with E-state index >= 15 is 0 Å². The second-order valence-electron chi connectivity index (χ2n) is 4.78. The number of rotatable bonds is 3. The van der Waals surface area contributed by atoms with Crippen molar-refractivity contribution in [2.75, 3.05) is 0 Å². The molecule has 3 heteroatoms.